The number of hydrogen-bond donors (Lipinski definition) is 2. The Morgan fingerprint density at radius 2 is 2.22 bits per heavy atom. The van der Waals surface area contributed by atoms with Crippen LogP contribution in [-0.2, 0) is 4.79 Å². The Hall–Kier alpha value is -1.75. The van der Waals surface area contributed by atoms with E-state index in [1.165, 1.54) is 6.07 Å². The third-order valence-electron chi connectivity index (χ3n) is 3.12. The van der Waals surface area contributed by atoms with Gasteiger partial charge in [-0.15, -0.1) is 0 Å². The summed E-state index contributed by atoms with van der Waals surface area (Å²) in [5.74, 6) is 0.158. The molecule has 98 valence electrons. The van der Waals surface area contributed by atoms with Crippen LogP contribution in [0.25, 0.3) is 0 Å². The molecule has 0 aromatic heterocycles. The molecule has 2 N–H and O–H groups in total. The average molecular weight is 251 g/mol. The summed E-state index contributed by atoms with van der Waals surface area (Å²) in [4.78, 5) is 13.5. The van der Waals surface area contributed by atoms with E-state index in [0.717, 1.165) is 12.8 Å². The first-order chi connectivity index (χ1) is 8.72. The lowest BCUT2D eigenvalue weighted by atomic mass is 10.2. The number of para-hydroxylation sites is 2. The smallest absolute Gasteiger partial charge is 0.260 e. The second-order valence-corrected chi connectivity index (χ2v) is 4.32. The van der Waals surface area contributed by atoms with Crippen molar-refractivity contribution in [2.45, 2.75) is 18.9 Å². The van der Waals surface area contributed by atoms with Gasteiger partial charge in [-0.05, 0) is 25.0 Å². The zero-order chi connectivity index (χ0) is 13.0. The molecule has 1 aliphatic rings. The van der Waals surface area contributed by atoms with Gasteiger partial charge in [0.1, 0.15) is 0 Å². The molecule has 0 unspecified atom stereocenters. The fourth-order valence-corrected chi connectivity index (χ4v) is 2.16. The van der Waals surface area contributed by atoms with E-state index in [1.807, 2.05) is 0 Å². The quantitative estimate of drug-likeness (QED) is 0.828. The molecule has 5 heteroatoms. The van der Waals surface area contributed by atoms with Gasteiger partial charge in [0.2, 0.25) is 0 Å². The number of phenols is 1. The summed E-state index contributed by atoms with van der Waals surface area (Å²) in [5.41, 5.74) is 0. The minimum Gasteiger partial charge on any atom is -0.504 e. The lowest BCUT2D eigenvalue weighted by Crippen LogP contribution is -2.40. The fourth-order valence-electron chi connectivity index (χ4n) is 2.16. The molecule has 1 amide bonds. The third-order valence-corrected chi connectivity index (χ3v) is 3.12. The van der Waals surface area contributed by atoms with E-state index in [1.54, 1.807) is 23.1 Å². The number of likely N-dealkylation sites (tertiary alicyclic amines) is 1. The number of ether oxygens (including phenoxy) is 1. The Kier molecular flexibility index (Phi) is 4.04. The number of amides is 1. The Labute approximate surface area is 106 Å². The van der Waals surface area contributed by atoms with Crippen LogP contribution in [0.5, 0.6) is 11.5 Å². The van der Waals surface area contributed by atoms with Gasteiger partial charge >= 0.3 is 0 Å². The van der Waals surface area contributed by atoms with Gasteiger partial charge in [0, 0.05) is 6.54 Å². The highest BCUT2D eigenvalue weighted by Gasteiger charge is 2.28. The minimum absolute atomic E-state index is 0.0116. The first-order valence-corrected chi connectivity index (χ1v) is 6.03. The van der Waals surface area contributed by atoms with Crippen LogP contribution < -0.4 is 4.74 Å². The second-order valence-electron chi connectivity index (χ2n) is 4.32. The van der Waals surface area contributed by atoms with E-state index < -0.39 is 0 Å². The summed E-state index contributed by atoms with van der Waals surface area (Å²) in [6.07, 6.45) is 1.74. The second kappa shape index (κ2) is 5.73. The highest BCUT2D eigenvalue weighted by Crippen LogP contribution is 2.24. The Morgan fingerprint density at radius 1 is 1.44 bits per heavy atom. The fraction of sp³-hybridized carbons (Fsp3) is 0.462. The number of aliphatic hydroxyl groups excluding tert-OH is 1. The summed E-state index contributed by atoms with van der Waals surface area (Å²) in [7, 11) is 0. The minimum atomic E-state index is -0.158. The molecule has 1 heterocycles. The van der Waals surface area contributed by atoms with Crippen molar-refractivity contribution in [2.75, 3.05) is 19.8 Å². The molecule has 0 aliphatic carbocycles. The lowest BCUT2D eigenvalue weighted by Gasteiger charge is -2.23. The van der Waals surface area contributed by atoms with Crippen molar-refractivity contribution in [1.82, 2.24) is 4.90 Å². The van der Waals surface area contributed by atoms with Gasteiger partial charge in [-0.2, -0.15) is 0 Å². The van der Waals surface area contributed by atoms with E-state index >= 15 is 0 Å². The number of rotatable bonds is 4. The molecular formula is C13H17NO4. The predicted octanol–water partition coefficient (Wildman–Crippen LogP) is 0.754. The van der Waals surface area contributed by atoms with E-state index in [4.69, 9.17) is 9.84 Å². The molecule has 0 spiro atoms. The van der Waals surface area contributed by atoms with Gasteiger partial charge in [-0.1, -0.05) is 12.1 Å². The number of phenolic OH excluding ortho intramolecular Hbond substituents is 1. The molecular weight excluding hydrogens is 234 g/mol. The SMILES string of the molecule is O=C(COc1ccccc1O)N1CCC[C@H]1CO. The number of aliphatic hydroxyl groups is 1. The van der Waals surface area contributed by atoms with Crippen molar-refractivity contribution < 1.29 is 19.7 Å². The van der Waals surface area contributed by atoms with Crippen LogP contribution >= 0.6 is 0 Å². The van der Waals surface area contributed by atoms with E-state index in [-0.39, 0.29) is 30.9 Å². The van der Waals surface area contributed by atoms with Crippen molar-refractivity contribution in [3.63, 3.8) is 0 Å². The highest BCUT2D eigenvalue weighted by molar-refractivity contribution is 5.78. The lowest BCUT2D eigenvalue weighted by molar-refractivity contribution is -0.134. The summed E-state index contributed by atoms with van der Waals surface area (Å²) in [6.45, 7) is 0.532. The molecule has 18 heavy (non-hydrogen) atoms. The van der Waals surface area contributed by atoms with Gasteiger partial charge in [0.05, 0.1) is 12.6 Å². The maximum absolute atomic E-state index is 11.9. The summed E-state index contributed by atoms with van der Waals surface area (Å²) in [6, 6.07) is 6.44. The average Bonchev–Trinajstić information content (AvgIpc) is 2.86. The standard InChI is InChI=1S/C13H17NO4/c15-8-10-4-3-7-14(10)13(17)9-18-12-6-2-1-5-11(12)16/h1-2,5-6,10,15-16H,3-4,7-9H2/t10-/m0/s1. The molecule has 0 radical (unpaired) electrons. The predicted molar refractivity (Wildman–Crippen MR) is 65.4 cm³/mol. The van der Waals surface area contributed by atoms with E-state index in [9.17, 15) is 9.90 Å². The van der Waals surface area contributed by atoms with Crippen LogP contribution in [0, 0.1) is 0 Å². The van der Waals surface area contributed by atoms with Crippen LogP contribution in [0.3, 0.4) is 0 Å². The first kappa shape index (κ1) is 12.7. The van der Waals surface area contributed by atoms with Crippen molar-refractivity contribution in [3.8, 4) is 11.5 Å². The Balaban J connectivity index is 1.90. The number of aromatic hydroxyl groups is 1. The third kappa shape index (κ3) is 2.73. The Bertz CT molecular complexity index is 421. The maximum Gasteiger partial charge on any atom is 0.260 e. The molecule has 1 fully saturated rings. The van der Waals surface area contributed by atoms with Crippen molar-refractivity contribution in [2.24, 2.45) is 0 Å². The molecule has 0 bridgehead atoms. The van der Waals surface area contributed by atoms with Gasteiger partial charge in [0.15, 0.2) is 18.1 Å². The molecule has 1 aromatic rings. The van der Waals surface area contributed by atoms with Gasteiger partial charge in [-0.3, -0.25) is 4.79 Å². The topological polar surface area (TPSA) is 70.0 Å². The molecule has 1 saturated heterocycles. The van der Waals surface area contributed by atoms with Crippen LogP contribution in [-0.4, -0.2) is 46.8 Å². The molecule has 1 aliphatic heterocycles. The van der Waals surface area contributed by atoms with E-state index in [0.29, 0.717) is 12.3 Å². The zero-order valence-corrected chi connectivity index (χ0v) is 10.1. The first-order valence-electron chi connectivity index (χ1n) is 6.03. The number of benzene rings is 1. The molecule has 2 rings (SSSR count). The molecule has 1 atom stereocenters. The van der Waals surface area contributed by atoms with Crippen LogP contribution in [0.2, 0.25) is 0 Å². The maximum atomic E-state index is 11.9. The van der Waals surface area contributed by atoms with Crippen LogP contribution in [0.15, 0.2) is 24.3 Å². The molecule has 5 nitrogen and oxygen atoms in total. The van der Waals surface area contributed by atoms with Gasteiger partial charge in [0.25, 0.3) is 5.91 Å². The van der Waals surface area contributed by atoms with Crippen LogP contribution in [0.1, 0.15) is 12.8 Å². The number of hydrogen-bond acceptors (Lipinski definition) is 4. The number of nitrogens with zero attached hydrogens (tertiary/aromatic N) is 1. The summed E-state index contributed by atoms with van der Waals surface area (Å²) < 4.78 is 5.28. The molecule has 0 saturated carbocycles. The van der Waals surface area contributed by atoms with Crippen LogP contribution in [0.4, 0.5) is 0 Å². The monoisotopic (exact) mass is 251 g/mol. The molecule has 1 aromatic carbocycles. The zero-order valence-electron chi connectivity index (χ0n) is 10.1. The largest absolute Gasteiger partial charge is 0.504 e. The highest BCUT2D eigenvalue weighted by atomic mass is 16.5. The van der Waals surface area contributed by atoms with E-state index in [2.05, 4.69) is 0 Å². The number of carbonyl (C=O) groups excluding carboxylic acids is 1. The van der Waals surface area contributed by atoms with Crippen molar-refractivity contribution >= 4 is 5.91 Å². The van der Waals surface area contributed by atoms with Gasteiger partial charge in [-0.25, -0.2) is 0 Å². The number of carbonyl (C=O) groups is 1. The Morgan fingerprint density at radius 3 is 2.94 bits per heavy atom. The van der Waals surface area contributed by atoms with Gasteiger partial charge < -0.3 is 19.8 Å². The van der Waals surface area contributed by atoms with Crippen molar-refractivity contribution in [3.05, 3.63) is 24.3 Å². The summed E-state index contributed by atoms with van der Waals surface area (Å²) >= 11 is 0. The van der Waals surface area contributed by atoms with Crippen molar-refractivity contribution in [1.29, 1.82) is 0 Å². The summed E-state index contributed by atoms with van der Waals surface area (Å²) in [5, 5.41) is 18.6. The normalized spacial score (nSPS) is 18.9.